The zero-order valence-corrected chi connectivity index (χ0v) is 19.7. The van der Waals surface area contributed by atoms with Gasteiger partial charge >= 0.3 is 0 Å². The molecule has 30 heavy (non-hydrogen) atoms. The SMILES string of the molecule is Cc1cccc(CN(C(=O)CSCc2cccc(Cl)c2)[C@H](C)C(=O)NCC(C)C)c1. The second kappa shape index (κ2) is 12.0. The van der Waals surface area contributed by atoms with Gasteiger partial charge in [-0.1, -0.05) is 67.4 Å². The molecule has 0 unspecified atom stereocenters. The number of nitrogens with zero attached hydrogens (tertiary/aromatic N) is 1. The second-order valence-corrected chi connectivity index (χ2v) is 9.37. The summed E-state index contributed by atoms with van der Waals surface area (Å²) in [4.78, 5) is 27.4. The lowest BCUT2D eigenvalue weighted by Gasteiger charge is -2.29. The normalized spacial score (nSPS) is 11.9. The average Bonchev–Trinajstić information content (AvgIpc) is 2.69. The Kier molecular flexibility index (Phi) is 9.73. The number of rotatable bonds is 10. The number of carbonyl (C=O) groups is 2. The highest BCUT2D eigenvalue weighted by Gasteiger charge is 2.26. The first-order valence-corrected chi connectivity index (χ1v) is 11.7. The molecule has 6 heteroatoms. The summed E-state index contributed by atoms with van der Waals surface area (Å²) in [5, 5.41) is 3.64. The molecule has 1 atom stereocenters. The highest BCUT2D eigenvalue weighted by molar-refractivity contribution is 7.99. The predicted molar refractivity (Wildman–Crippen MR) is 127 cm³/mol. The van der Waals surface area contributed by atoms with Crippen molar-refractivity contribution in [3.8, 4) is 0 Å². The van der Waals surface area contributed by atoms with Gasteiger partial charge in [-0.15, -0.1) is 11.8 Å². The minimum absolute atomic E-state index is 0.0456. The Morgan fingerprint density at radius 1 is 1.07 bits per heavy atom. The Hall–Kier alpha value is -1.98. The molecule has 2 amide bonds. The van der Waals surface area contributed by atoms with Crippen LogP contribution in [-0.4, -0.2) is 35.1 Å². The first kappa shape index (κ1) is 24.3. The van der Waals surface area contributed by atoms with Crippen LogP contribution < -0.4 is 5.32 Å². The summed E-state index contributed by atoms with van der Waals surface area (Å²) >= 11 is 7.57. The fourth-order valence-corrected chi connectivity index (χ4v) is 4.08. The number of carbonyl (C=O) groups excluding carboxylic acids is 2. The first-order chi connectivity index (χ1) is 14.3. The average molecular weight is 447 g/mol. The Labute approximate surface area is 189 Å². The minimum Gasteiger partial charge on any atom is -0.354 e. The van der Waals surface area contributed by atoms with Crippen molar-refractivity contribution in [3.05, 3.63) is 70.2 Å². The fraction of sp³-hybridized carbons (Fsp3) is 0.417. The van der Waals surface area contributed by atoms with E-state index in [1.807, 2.05) is 63.2 Å². The number of hydrogen-bond acceptors (Lipinski definition) is 3. The summed E-state index contributed by atoms with van der Waals surface area (Å²) in [6.45, 7) is 8.92. The highest BCUT2D eigenvalue weighted by Crippen LogP contribution is 2.18. The molecule has 0 aliphatic rings. The summed E-state index contributed by atoms with van der Waals surface area (Å²) in [6.07, 6.45) is 0. The number of aryl methyl sites for hydroxylation is 1. The van der Waals surface area contributed by atoms with Gasteiger partial charge in [-0.2, -0.15) is 0 Å². The van der Waals surface area contributed by atoms with Crippen molar-refractivity contribution in [2.45, 2.75) is 46.0 Å². The smallest absolute Gasteiger partial charge is 0.242 e. The van der Waals surface area contributed by atoms with Gasteiger partial charge in [0, 0.05) is 23.9 Å². The van der Waals surface area contributed by atoms with Crippen molar-refractivity contribution < 1.29 is 9.59 Å². The number of benzene rings is 2. The van der Waals surface area contributed by atoms with Gasteiger partial charge in [-0.05, 0) is 43.0 Å². The van der Waals surface area contributed by atoms with E-state index in [4.69, 9.17) is 11.6 Å². The number of thioether (sulfide) groups is 1. The minimum atomic E-state index is -0.538. The quantitative estimate of drug-likeness (QED) is 0.554. The van der Waals surface area contributed by atoms with Gasteiger partial charge in [0.1, 0.15) is 6.04 Å². The van der Waals surface area contributed by atoms with E-state index in [0.717, 1.165) is 16.7 Å². The largest absolute Gasteiger partial charge is 0.354 e. The second-order valence-electron chi connectivity index (χ2n) is 7.95. The van der Waals surface area contributed by atoms with Crippen molar-refractivity contribution in [2.75, 3.05) is 12.3 Å². The standard InChI is InChI=1S/C24H31ClN2O2S/c1-17(2)13-26-24(29)19(4)27(14-20-8-5-7-18(3)11-20)23(28)16-30-15-21-9-6-10-22(25)12-21/h5-12,17,19H,13-16H2,1-4H3,(H,26,29)/t19-/m1/s1. The summed E-state index contributed by atoms with van der Waals surface area (Å²) in [5.41, 5.74) is 3.23. The van der Waals surface area contributed by atoms with Crippen molar-refractivity contribution >= 4 is 35.2 Å². The van der Waals surface area contributed by atoms with Gasteiger partial charge in [0.05, 0.1) is 5.75 Å². The molecular weight excluding hydrogens is 416 g/mol. The van der Waals surface area contributed by atoms with E-state index in [-0.39, 0.29) is 11.8 Å². The number of amides is 2. The van der Waals surface area contributed by atoms with Gasteiger partial charge in [-0.3, -0.25) is 9.59 Å². The maximum Gasteiger partial charge on any atom is 0.242 e. The molecule has 2 aromatic rings. The maximum absolute atomic E-state index is 13.1. The van der Waals surface area contributed by atoms with Crippen LogP contribution in [0.15, 0.2) is 48.5 Å². The molecule has 0 saturated carbocycles. The van der Waals surface area contributed by atoms with Crippen LogP contribution in [0.25, 0.3) is 0 Å². The lowest BCUT2D eigenvalue weighted by molar-refractivity contribution is -0.138. The molecule has 0 fully saturated rings. The van der Waals surface area contributed by atoms with E-state index in [2.05, 4.69) is 11.4 Å². The molecule has 4 nitrogen and oxygen atoms in total. The van der Waals surface area contributed by atoms with E-state index in [1.165, 1.54) is 11.8 Å². The molecule has 0 heterocycles. The van der Waals surface area contributed by atoms with Crippen LogP contribution in [0.5, 0.6) is 0 Å². The van der Waals surface area contributed by atoms with Crippen molar-refractivity contribution in [2.24, 2.45) is 5.92 Å². The van der Waals surface area contributed by atoms with Crippen LogP contribution in [0.2, 0.25) is 5.02 Å². The van der Waals surface area contributed by atoms with E-state index in [0.29, 0.717) is 35.5 Å². The Morgan fingerprint density at radius 2 is 1.77 bits per heavy atom. The van der Waals surface area contributed by atoms with Crippen LogP contribution in [0, 0.1) is 12.8 Å². The van der Waals surface area contributed by atoms with Crippen molar-refractivity contribution in [1.29, 1.82) is 0 Å². The maximum atomic E-state index is 13.1. The summed E-state index contributed by atoms with van der Waals surface area (Å²) in [7, 11) is 0. The summed E-state index contributed by atoms with van der Waals surface area (Å²) < 4.78 is 0. The Morgan fingerprint density at radius 3 is 2.43 bits per heavy atom. The van der Waals surface area contributed by atoms with Gasteiger partial charge in [0.25, 0.3) is 0 Å². The lowest BCUT2D eigenvalue weighted by atomic mass is 10.1. The van der Waals surface area contributed by atoms with E-state index in [9.17, 15) is 9.59 Å². The molecule has 1 N–H and O–H groups in total. The number of nitrogens with one attached hydrogen (secondary N) is 1. The molecule has 0 aliphatic carbocycles. The molecule has 162 valence electrons. The zero-order chi connectivity index (χ0) is 22.1. The van der Waals surface area contributed by atoms with Crippen LogP contribution >= 0.6 is 23.4 Å². The van der Waals surface area contributed by atoms with Gasteiger partial charge < -0.3 is 10.2 Å². The number of hydrogen-bond donors (Lipinski definition) is 1. The molecule has 0 radical (unpaired) electrons. The molecule has 0 aromatic heterocycles. The molecule has 0 bridgehead atoms. The van der Waals surface area contributed by atoms with Gasteiger partial charge in [0.2, 0.25) is 11.8 Å². The summed E-state index contributed by atoms with van der Waals surface area (Å²) in [6, 6.07) is 15.2. The van der Waals surface area contributed by atoms with Crippen LogP contribution in [0.3, 0.4) is 0 Å². The van der Waals surface area contributed by atoms with Crippen LogP contribution in [0.4, 0.5) is 0 Å². The zero-order valence-electron chi connectivity index (χ0n) is 18.2. The van der Waals surface area contributed by atoms with Crippen molar-refractivity contribution in [3.63, 3.8) is 0 Å². The third kappa shape index (κ3) is 8.04. The van der Waals surface area contributed by atoms with Crippen LogP contribution in [-0.2, 0) is 21.9 Å². The fourth-order valence-electron chi connectivity index (χ4n) is 3.01. The first-order valence-electron chi connectivity index (χ1n) is 10.2. The third-order valence-electron chi connectivity index (χ3n) is 4.67. The van der Waals surface area contributed by atoms with Crippen LogP contribution in [0.1, 0.15) is 37.5 Å². The molecule has 2 rings (SSSR count). The Bertz CT molecular complexity index is 857. The topological polar surface area (TPSA) is 49.4 Å². The van der Waals surface area contributed by atoms with E-state index >= 15 is 0 Å². The molecule has 0 aliphatic heterocycles. The summed E-state index contributed by atoms with van der Waals surface area (Å²) in [5.74, 6) is 1.19. The predicted octanol–water partition coefficient (Wildman–Crippen LogP) is 5.07. The third-order valence-corrected chi connectivity index (χ3v) is 5.89. The van der Waals surface area contributed by atoms with Gasteiger partial charge in [0.15, 0.2) is 0 Å². The molecule has 0 spiro atoms. The van der Waals surface area contributed by atoms with E-state index in [1.54, 1.807) is 11.8 Å². The lowest BCUT2D eigenvalue weighted by Crippen LogP contribution is -2.48. The number of halogens is 1. The van der Waals surface area contributed by atoms with Crippen molar-refractivity contribution in [1.82, 2.24) is 10.2 Å². The molecule has 2 aromatic carbocycles. The molecular formula is C24H31ClN2O2S. The molecule has 0 saturated heterocycles. The van der Waals surface area contributed by atoms with E-state index < -0.39 is 6.04 Å². The monoisotopic (exact) mass is 446 g/mol. The highest BCUT2D eigenvalue weighted by atomic mass is 35.5. The van der Waals surface area contributed by atoms with Gasteiger partial charge in [-0.25, -0.2) is 0 Å². The Balaban J connectivity index is 2.06.